The molecule has 1 unspecified atom stereocenters. The maximum absolute atomic E-state index is 13.0. The lowest BCUT2D eigenvalue weighted by Crippen LogP contribution is -2.45. The molecule has 0 aliphatic carbocycles. The SMILES string of the molecule is Cc1cccc(-c2ccccc2NC(=O)C2CCCN2C(=O)OC(C)(C)C)c1. The molecule has 0 bridgehead atoms. The van der Waals surface area contributed by atoms with Crippen molar-refractivity contribution < 1.29 is 14.3 Å². The second kappa shape index (κ2) is 8.05. The van der Waals surface area contributed by atoms with Gasteiger partial charge in [-0.25, -0.2) is 4.79 Å². The smallest absolute Gasteiger partial charge is 0.410 e. The van der Waals surface area contributed by atoms with E-state index < -0.39 is 17.7 Å². The van der Waals surface area contributed by atoms with Gasteiger partial charge in [-0.1, -0.05) is 48.0 Å². The van der Waals surface area contributed by atoms with Crippen molar-refractivity contribution >= 4 is 17.7 Å². The van der Waals surface area contributed by atoms with Gasteiger partial charge in [-0.15, -0.1) is 0 Å². The topological polar surface area (TPSA) is 58.6 Å². The zero-order valence-corrected chi connectivity index (χ0v) is 17.0. The summed E-state index contributed by atoms with van der Waals surface area (Å²) in [5, 5.41) is 3.03. The molecule has 1 N–H and O–H groups in total. The number of para-hydroxylation sites is 1. The molecule has 28 heavy (non-hydrogen) atoms. The minimum absolute atomic E-state index is 0.177. The van der Waals surface area contributed by atoms with Gasteiger partial charge in [0.1, 0.15) is 11.6 Å². The highest BCUT2D eigenvalue weighted by Crippen LogP contribution is 2.29. The summed E-state index contributed by atoms with van der Waals surface area (Å²) in [6.07, 6.45) is 0.992. The van der Waals surface area contributed by atoms with Crippen LogP contribution in [0.25, 0.3) is 11.1 Å². The Hall–Kier alpha value is -2.82. The first kappa shape index (κ1) is 19.9. The summed E-state index contributed by atoms with van der Waals surface area (Å²) in [5.74, 6) is -0.177. The van der Waals surface area contributed by atoms with Gasteiger partial charge >= 0.3 is 6.09 Å². The van der Waals surface area contributed by atoms with Crippen LogP contribution < -0.4 is 5.32 Å². The standard InChI is InChI=1S/C23H28N2O3/c1-16-9-7-10-17(15-16)18-11-5-6-12-19(18)24-21(26)20-13-8-14-25(20)22(27)28-23(2,3)4/h5-7,9-12,15,20H,8,13-14H2,1-4H3,(H,24,26). The van der Waals surface area contributed by atoms with E-state index in [1.54, 1.807) is 0 Å². The molecule has 0 saturated carbocycles. The van der Waals surface area contributed by atoms with Gasteiger partial charge in [-0.2, -0.15) is 0 Å². The van der Waals surface area contributed by atoms with Crippen LogP contribution in [0.15, 0.2) is 48.5 Å². The summed E-state index contributed by atoms with van der Waals surface area (Å²) in [6, 6.07) is 15.4. The lowest BCUT2D eigenvalue weighted by Gasteiger charge is -2.28. The summed E-state index contributed by atoms with van der Waals surface area (Å²) in [6.45, 7) is 8.06. The Bertz CT molecular complexity index is 870. The molecule has 5 nitrogen and oxygen atoms in total. The average molecular weight is 380 g/mol. The van der Waals surface area contributed by atoms with Crippen LogP contribution in [-0.2, 0) is 9.53 Å². The molecule has 1 saturated heterocycles. The Morgan fingerprint density at radius 1 is 1.11 bits per heavy atom. The van der Waals surface area contributed by atoms with Gasteiger partial charge in [0, 0.05) is 17.8 Å². The molecular formula is C23H28N2O3. The summed E-state index contributed by atoms with van der Waals surface area (Å²) < 4.78 is 5.47. The van der Waals surface area contributed by atoms with E-state index in [9.17, 15) is 9.59 Å². The van der Waals surface area contributed by atoms with Crippen molar-refractivity contribution in [3.63, 3.8) is 0 Å². The van der Waals surface area contributed by atoms with Crippen molar-refractivity contribution in [3.8, 4) is 11.1 Å². The Kier molecular flexibility index (Phi) is 5.73. The Balaban J connectivity index is 1.79. The monoisotopic (exact) mass is 380 g/mol. The van der Waals surface area contributed by atoms with Crippen molar-refractivity contribution in [3.05, 3.63) is 54.1 Å². The van der Waals surface area contributed by atoms with Gasteiger partial charge < -0.3 is 10.1 Å². The van der Waals surface area contributed by atoms with Gasteiger partial charge in [-0.05, 0) is 52.2 Å². The molecule has 0 spiro atoms. The number of hydrogen-bond donors (Lipinski definition) is 1. The maximum atomic E-state index is 13.0. The largest absolute Gasteiger partial charge is 0.444 e. The predicted molar refractivity (Wildman–Crippen MR) is 111 cm³/mol. The van der Waals surface area contributed by atoms with Crippen LogP contribution in [0.5, 0.6) is 0 Å². The summed E-state index contributed by atoms with van der Waals surface area (Å²) >= 11 is 0. The number of likely N-dealkylation sites (tertiary alicyclic amines) is 1. The first-order chi connectivity index (χ1) is 13.2. The Morgan fingerprint density at radius 3 is 2.57 bits per heavy atom. The number of amides is 2. The number of benzene rings is 2. The van der Waals surface area contributed by atoms with E-state index in [1.807, 2.05) is 70.2 Å². The quantitative estimate of drug-likeness (QED) is 0.815. The number of hydrogen-bond acceptors (Lipinski definition) is 3. The normalized spacial score (nSPS) is 16.7. The second-order valence-electron chi connectivity index (χ2n) is 8.24. The van der Waals surface area contributed by atoms with Crippen LogP contribution in [0, 0.1) is 6.92 Å². The highest BCUT2D eigenvalue weighted by molar-refractivity contribution is 6.00. The van der Waals surface area contributed by atoms with Crippen LogP contribution in [0.1, 0.15) is 39.2 Å². The first-order valence-corrected chi connectivity index (χ1v) is 9.71. The predicted octanol–water partition coefficient (Wildman–Crippen LogP) is 5.00. The molecule has 0 aromatic heterocycles. The fourth-order valence-electron chi connectivity index (χ4n) is 3.45. The van der Waals surface area contributed by atoms with Crippen molar-refractivity contribution in [2.75, 3.05) is 11.9 Å². The molecule has 1 atom stereocenters. The van der Waals surface area contributed by atoms with E-state index in [2.05, 4.69) is 11.4 Å². The fraction of sp³-hybridized carbons (Fsp3) is 0.391. The zero-order valence-electron chi connectivity index (χ0n) is 17.0. The number of carbonyl (C=O) groups is 2. The molecule has 1 aliphatic heterocycles. The Morgan fingerprint density at radius 2 is 1.86 bits per heavy atom. The molecular weight excluding hydrogens is 352 g/mol. The van der Waals surface area contributed by atoms with Crippen molar-refractivity contribution in [2.45, 2.75) is 52.2 Å². The number of ether oxygens (including phenoxy) is 1. The highest BCUT2D eigenvalue weighted by atomic mass is 16.6. The van der Waals surface area contributed by atoms with Gasteiger partial charge in [0.15, 0.2) is 0 Å². The lowest BCUT2D eigenvalue weighted by molar-refractivity contribution is -0.120. The van der Waals surface area contributed by atoms with E-state index in [0.717, 1.165) is 28.8 Å². The number of rotatable bonds is 3. The number of nitrogens with one attached hydrogen (secondary N) is 1. The zero-order chi connectivity index (χ0) is 20.3. The third-order valence-corrected chi connectivity index (χ3v) is 4.70. The van der Waals surface area contributed by atoms with E-state index in [0.29, 0.717) is 13.0 Å². The third-order valence-electron chi connectivity index (χ3n) is 4.70. The fourth-order valence-corrected chi connectivity index (χ4v) is 3.45. The number of anilines is 1. The van der Waals surface area contributed by atoms with Crippen LogP contribution in [-0.4, -0.2) is 35.1 Å². The van der Waals surface area contributed by atoms with E-state index in [4.69, 9.17) is 4.74 Å². The minimum atomic E-state index is -0.585. The van der Waals surface area contributed by atoms with Crippen molar-refractivity contribution in [1.29, 1.82) is 0 Å². The molecule has 1 fully saturated rings. The molecule has 5 heteroatoms. The maximum Gasteiger partial charge on any atom is 0.410 e. The average Bonchev–Trinajstić information content (AvgIpc) is 3.11. The number of aryl methyl sites for hydroxylation is 1. The number of nitrogens with zero attached hydrogens (tertiary/aromatic N) is 1. The van der Waals surface area contributed by atoms with Gasteiger partial charge in [-0.3, -0.25) is 9.69 Å². The van der Waals surface area contributed by atoms with Crippen LogP contribution >= 0.6 is 0 Å². The van der Waals surface area contributed by atoms with Gasteiger partial charge in [0.25, 0.3) is 0 Å². The van der Waals surface area contributed by atoms with Crippen molar-refractivity contribution in [2.24, 2.45) is 0 Å². The molecule has 148 valence electrons. The molecule has 1 heterocycles. The van der Waals surface area contributed by atoms with Gasteiger partial charge in [0.2, 0.25) is 5.91 Å². The van der Waals surface area contributed by atoms with E-state index in [1.165, 1.54) is 4.90 Å². The number of carbonyl (C=O) groups excluding carboxylic acids is 2. The minimum Gasteiger partial charge on any atom is -0.444 e. The molecule has 1 aliphatic rings. The van der Waals surface area contributed by atoms with Crippen molar-refractivity contribution in [1.82, 2.24) is 4.90 Å². The summed E-state index contributed by atoms with van der Waals surface area (Å²) in [5.41, 5.74) is 3.32. The van der Waals surface area contributed by atoms with Gasteiger partial charge in [0.05, 0.1) is 0 Å². The van der Waals surface area contributed by atoms with E-state index in [-0.39, 0.29) is 5.91 Å². The summed E-state index contributed by atoms with van der Waals surface area (Å²) in [7, 11) is 0. The molecule has 2 aromatic carbocycles. The third kappa shape index (κ3) is 4.71. The van der Waals surface area contributed by atoms with Crippen LogP contribution in [0.3, 0.4) is 0 Å². The Labute approximate surface area is 166 Å². The van der Waals surface area contributed by atoms with E-state index >= 15 is 0 Å². The summed E-state index contributed by atoms with van der Waals surface area (Å²) in [4.78, 5) is 27.0. The lowest BCUT2D eigenvalue weighted by atomic mass is 10.0. The van der Waals surface area contributed by atoms with Crippen LogP contribution in [0.4, 0.5) is 10.5 Å². The second-order valence-corrected chi connectivity index (χ2v) is 8.24. The molecule has 2 aromatic rings. The first-order valence-electron chi connectivity index (χ1n) is 9.71. The highest BCUT2D eigenvalue weighted by Gasteiger charge is 2.36. The molecule has 0 radical (unpaired) electrons. The van der Waals surface area contributed by atoms with Crippen LogP contribution in [0.2, 0.25) is 0 Å². The molecule has 3 rings (SSSR count). The molecule has 2 amide bonds.